The maximum Gasteiger partial charge on any atom is 0.428 e. The predicted octanol–water partition coefficient (Wildman–Crippen LogP) is 11.7. The summed E-state index contributed by atoms with van der Waals surface area (Å²) in [4.78, 5) is 14.6. The first-order valence-electron chi connectivity index (χ1n) is 17.7. The lowest BCUT2D eigenvalue weighted by Gasteiger charge is -2.17. The van der Waals surface area contributed by atoms with Crippen molar-refractivity contribution < 1.29 is 35.7 Å². The number of benzene rings is 3. The Bertz CT molecular complexity index is 1370. The first kappa shape index (κ1) is 44.1. The first-order valence-corrected chi connectivity index (χ1v) is 21.9. The Labute approximate surface area is 314 Å². The van der Waals surface area contributed by atoms with Gasteiger partial charge in [-0.1, -0.05) is 155 Å². The highest BCUT2D eigenvalue weighted by molar-refractivity contribution is 14.1. The zero-order valence-electron chi connectivity index (χ0n) is 28.9. The quantitative estimate of drug-likeness (QED) is 0.0224. The van der Waals surface area contributed by atoms with Crippen LogP contribution in [0.2, 0.25) is 0 Å². The van der Waals surface area contributed by atoms with E-state index in [4.69, 9.17) is 0 Å². The second-order valence-electron chi connectivity index (χ2n) is 12.2. The van der Waals surface area contributed by atoms with Crippen molar-refractivity contribution in [2.75, 3.05) is 11.0 Å². The van der Waals surface area contributed by atoms with E-state index in [0.29, 0.717) is 12.8 Å². The Morgan fingerprint density at radius 2 is 0.940 bits per heavy atom. The SMILES string of the molecule is Fc1ccc([S+](c2ccccc2)c2ccccc2)cc1.O=C(OCCCCCCCCCCCCCCCCCCCI)C(F)(F)S(=O)(=O)[O-]. The van der Waals surface area contributed by atoms with Gasteiger partial charge in [-0.2, -0.15) is 8.78 Å². The van der Waals surface area contributed by atoms with Crippen molar-refractivity contribution in [2.45, 2.75) is 129 Å². The second kappa shape index (κ2) is 25.8. The lowest BCUT2D eigenvalue weighted by atomic mass is 10.0. The molecule has 0 heterocycles. The third-order valence-corrected chi connectivity index (χ3v) is 11.9. The van der Waals surface area contributed by atoms with Gasteiger partial charge in [0.1, 0.15) is 5.82 Å². The van der Waals surface area contributed by atoms with Gasteiger partial charge in [0.15, 0.2) is 24.8 Å². The molecule has 0 aliphatic heterocycles. The third kappa shape index (κ3) is 17.9. The minimum atomic E-state index is -6.03. The van der Waals surface area contributed by atoms with Crippen LogP contribution in [0.1, 0.15) is 109 Å². The van der Waals surface area contributed by atoms with E-state index in [1.165, 1.54) is 103 Å². The summed E-state index contributed by atoms with van der Waals surface area (Å²) in [7, 11) is -6.22. The summed E-state index contributed by atoms with van der Waals surface area (Å²) < 4.78 is 75.3. The molecule has 0 N–H and O–H groups in total. The fourth-order valence-electron chi connectivity index (χ4n) is 5.29. The molecule has 0 unspecified atom stereocenters. The van der Waals surface area contributed by atoms with E-state index >= 15 is 0 Å². The standard InChI is InChI=1S/C21H39F2IO5S.C18H14FS/c22-21(23,30(26,27)28)20(25)29-19-17-15-13-11-9-7-5-3-1-2-4-6-8-10-12-14-16-18-24;19-15-11-13-18(14-12-15)20(16-7-3-1-4-8-16)17-9-5-2-6-10-17/h1-19H2,(H,26,27,28);1-14H/q;+1/p-1. The van der Waals surface area contributed by atoms with E-state index in [2.05, 4.69) is 51.6 Å². The zero-order chi connectivity index (χ0) is 36.5. The third-order valence-electron chi connectivity index (χ3n) is 8.07. The number of unbranched alkanes of at least 4 members (excludes halogenated alkanes) is 16. The largest absolute Gasteiger partial charge is 0.743 e. The Balaban J connectivity index is 0.000000371. The molecule has 0 aliphatic carbocycles. The van der Waals surface area contributed by atoms with Crippen LogP contribution in [0.25, 0.3) is 0 Å². The summed E-state index contributed by atoms with van der Waals surface area (Å²) in [5.74, 6) is -2.48. The lowest BCUT2D eigenvalue weighted by molar-refractivity contribution is -0.161. The highest BCUT2D eigenvalue weighted by atomic mass is 127. The van der Waals surface area contributed by atoms with Crippen LogP contribution in [0.15, 0.2) is 99.6 Å². The molecule has 0 radical (unpaired) electrons. The number of halogens is 4. The van der Waals surface area contributed by atoms with E-state index in [1.54, 1.807) is 0 Å². The Hall–Kier alpha value is -2.09. The number of hydrogen-bond donors (Lipinski definition) is 0. The van der Waals surface area contributed by atoms with Crippen LogP contribution < -0.4 is 0 Å². The van der Waals surface area contributed by atoms with Crippen LogP contribution in [0.5, 0.6) is 0 Å². The van der Waals surface area contributed by atoms with Crippen molar-refractivity contribution in [1.29, 1.82) is 0 Å². The molecular formula is C39H52F3IO5S2. The average molecular weight is 849 g/mol. The van der Waals surface area contributed by atoms with E-state index in [9.17, 15) is 30.9 Å². The molecule has 0 aromatic heterocycles. The molecule has 0 bridgehead atoms. The number of carbonyl (C=O) groups is 1. The molecular weight excluding hydrogens is 796 g/mol. The van der Waals surface area contributed by atoms with Crippen molar-refractivity contribution >= 4 is 49.6 Å². The Kier molecular flexibility index (Phi) is 22.7. The molecule has 50 heavy (non-hydrogen) atoms. The number of esters is 1. The van der Waals surface area contributed by atoms with Gasteiger partial charge in [-0.3, -0.25) is 0 Å². The van der Waals surface area contributed by atoms with E-state index in [-0.39, 0.29) is 23.3 Å². The first-order chi connectivity index (χ1) is 24.1. The van der Waals surface area contributed by atoms with Gasteiger partial charge < -0.3 is 9.29 Å². The van der Waals surface area contributed by atoms with Gasteiger partial charge in [0.2, 0.25) is 0 Å². The highest BCUT2D eigenvalue weighted by Crippen LogP contribution is 2.31. The fraction of sp³-hybridized carbons (Fsp3) is 0.513. The van der Waals surface area contributed by atoms with Gasteiger partial charge in [0.05, 0.1) is 17.5 Å². The molecule has 0 amide bonds. The maximum atomic E-state index is 13.2. The van der Waals surface area contributed by atoms with Gasteiger partial charge in [-0.25, -0.2) is 17.6 Å². The molecule has 0 fully saturated rings. The molecule has 0 aliphatic rings. The normalized spacial score (nSPS) is 11.6. The summed E-state index contributed by atoms with van der Waals surface area (Å²) in [6.07, 6.45) is 20.1. The van der Waals surface area contributed by atoms with Crippen molar-refractivity contribution in [3.05, 3.63) is 90.7 Å². The molecule has 5 nitrogen and oxygen atoms in total. The smallest absolute Gasteiger partial charge is 0.428 e. The van der Waals surface area contributed by atoms with Gasteiger partial charge in [0, 0.05) is 0 Å². The van der Waals surface area contributed by atoms with E-state index in [1.807, 2.05) is 48.5 Å². The molecule has 0 saturated carbocycles. The lowest BCUT2D eigenvalue weighted by Crippen LogP contribution is -2.39. The maximum absolute atomic E-state index is 13.2. The molecule has 3 rings (SSSR count). The Morgan fingerprint density at radius 3 is 1.30 bits per heavy atom. The molecule has 3 aromatic rings. The number of carbonyl (C=O) groups excluding carboxylic acids is 1. The summed E-state index contributed by atoms with van der Waals surface area (Å²) >= 11 is 2.44. The van der Waals surface area contributed by atoms with Crippen LogP contribution in [-0.2, 0) is 30.5 Å². The van der Waals surface area contributed by atoms with E-state index < -0.39 is 21.3 Å². The molecule has 0 spiro atoms. The second-order valence-corrected chi connectivity index (χ2v) is 16.7. The minimum absolute atomic E-state index is 0.190. The van der Waals surface area contributed by atoms with Crippen molar-refractivity contribution in [3.63, 3.8) is 0 Å². The van der Waals surface area contributed by atoms with Crippen LogP contribution >= 0.6 is 22.6 Å². The van der Waals surface area contributed by atoms with Crippen molar-refractivity contribution in [1.82, 2.24) is 0 Å². The number of hydrogen-bond acceptors (Lipinski definition) is 5. The highest BCUT2D eigenvalue weighted by Gasteiger charge is 2.48. The summed E-state index contributed by atoms with van der Waals surface area (Å²) in [5.41, 5.74) is 0. The summed E-state index contributed by atoms with van der Waals surface area (Å²) in [6.45, 7) is -0.303. The molecule has 278 valence electrons. The fourth-order valence-corrected chi connectivity index (χ4v) is 8.18. The molecule has 0 saturated heterocycles. The summed E-state index contributed by atoms with van der Waals surface area (Å²) in [6, 6.07) is 27.5. The van der Waals surface area contributed by atoms with Crippen LogP contribution in [0.4, 0.5) is 13.2 Å². The van der Waals surface area contributed by atoms with Crippen LogP contribution in [0.3, 0.4) is 0 Å². The number of ether oxygens (including phenoxy) is 1. The van der Waals surface area contributed by atoms with Gasteiger partial charge in [-0.15, -0.1) is 0 Å². The number of alkyl halides is 3. The molecule has 11 heteroatoms. The van der Waals surface area contributed by atoms with E-state index in [0.717, 1.165) is 24.2 Å². The van der Waals surface area contributed by atoms with Crippen LogP contribution in [-0.4, -0.2) is 35.2 Å². The summed E-state index contributed by atoms with van der Waals surface area (Å²) in [5, 5.41) is -5.01. The van der Waals surface area contributed by atoms with Crippen LogP contribution in [0, 0.1) is 5.82 Å². The number of rotatable bonds is 24. The Morgan fingerprint density at radius 1 is 0.600 bits per heavy atom. The minimum Gasteiger partial charge on any atom is -0.743 e. The van der Waals surface area contributed by atoms with Gasteiger partial charge in [0.25, 0.3) is 0 Å². The predicted molar refractivity (Wildman–Crippen MR) is 204 cm³/mol. The average Bonchev–Trinajstić information content (AvgIpc) is 3.11. The zero-order valence-corrected chi connectivity index (χ0v) is 32.7. The van der Waals surface area contributed by atoms with Crippen molar-refractivity contribution in [2.24, 2.45) is 0 Å². The topological polar surface area (TPSA) is 83.5 Å². The molecule has 3 aromatic carbocycles. The monoisotopic (exact) mass is 848 g/mol. The molecule has 0 atom stereocenters. The van der Waals surface area contributed by atoms with Gasteiger partial charge in [-0.05, 0) is 65.8 Å². The van der Waals surface area contributed by atoms with Gasteiger partial charge >= 0.3 is 11.2 Å². The van der Waals surface area contributed by atoms with Crippen molar-refractivity contribution in [3.8, 4) is 0 Å².